The number of thiocarbonyl (C=S) groups is 1. The van der Waals surface area contributed by atoms with Crippen LogP contribution in [0.3, 0.4) is 0 Å². The summed E-state index contributed by atoms with van der Waals surface area (Å²) in [6, 6.07) is 7.72. The summed E-state index contributed by atoms with van der Waals surface area (Å²) in [5.41, 5.74) is 0.978. The lowest BCUT2D eigenvalue weighted by atomic mass is 9.48. The van der Waals surface area contributed by atoms with Crippen molar-refractivity contribution in [2.75, 3.05) is 0 Å². The van der Waals surface area contributed by atoms with Gasteiger partial charge in [-0.15, -0.1) is 0 Å². The maximum atomic E-state index is 12.4. The van der Waals surface area contributed by atoms with Gasteiger partial charge in [-0.05, 0) is 109 Å². The standard InChI is InChI=1S/C20H25BrN2OS/c1-12(20-9-13-6-14(10-20)8-15(7-13)11-20)22-19(25)23-18(24)16-4-2-3-5-17(16)21/h2-5,12-15H,6-11H2,1H3,(H2,22,23,24,25). The highest BCUT2D eigenvalue weighted by atomic mass is 79.9. The maximum Gasteiger partial charge on any atom is 0.258 e. The quantitative estimate of drug-likeness (QED) is 0.698. The molecule has 0 radical (unpaired) electrons. The van der Waals surface area contributed by atoms with Gasteiger partial charge in [0.1, 0.15) is 0 Å². The molecule has 4 bridgehead atoms. The summed E-state index contributed by atoms with van der Waals surface area (Å²) in [4.78, 5) is 12.4. The zero-order valence-electron chi connectivity index (χ0n) is 14.6. The van der Waals surface area contributed by atoms with Gasteiger partial charge < -0.3 is 5.32 Å². The Hall–Kier alpha value is -0.940. The second-order valence-electron chi connectivity index (χ2n) is 8.41. The van der Waals surface area contributed by atoms with E-state index < -0.39 is 0 Å². The summed E-state index contributed by atoms with van der Waals surface area (Å²) in [6.45, 7) is 2.25. The largest absolute Gasteiger partial charge is 0.359 e. The van der Waals surface area contributed by atoms with E-state index in [1.807, 2.05) is 18.2 Å². The molecule has 0 aliphatic heterocycles. The third-order valence-corrected chi connectivity index (χ3v) is 7.61. The molecular formula is C20H25BrN2OS. The topological polar surface area (TPSA) is 41.1 Å². The fraction of sp³-hybridized carbons (Fsp3) is 0.600. The fourth-order valence-corrected chi connectivity index (χ4v) is 6.64. The Morgan fingerprint density at radius 2 is 1.72 bits per heavy atom. The average Bonchev–Trinajstić information content (AvgIpc) is 2.53. The molecule has 0 heterocycles. The van der Waals surface area contributed by atoms with Crippen molar-refractivity contribution in [2.24, 2.45) is 23.2 Å². The molecule has 3 nitrogen and oxygen atoms in total. The van der Waals surface area contributed by atoms with Gasteiger partial charge in [0.05, 0.1) is 5.56 Å². The first-order valence-corrected chi connectivity index (χ1v) is 10.5. The van der Waals surface area contributed by atoms with Gasteiger partial charge in [0.2, 0.25) is 0 Å². The zero-order valence-corrected chi connectivity index (χ0v) is 17.0. The van der Waals surface area contributed by atoms with Gasteiger partial charge in [-0.25, -0.2) is 0 Å². The monoisotopic (exact) mass is 420 g/mol. The minimum absolute atomic E-state index is 0.164. The van der Waals surface area contributed by atoms with Crippen molar-refractivity contribution in [1.82, 2.24) is 10.6 Å². The molecule has 0 spiro atoms. The number of carbonyl (C=O) groups excluding carboxylic acids is 1. The van der Waals surface area contributed by atoms with E-state index in [1.54, 1.807) is 6.07 Å². The SMILES string of the molecule is CC(NC(=S)NC(=O)c1ccccc1Br)C12CC3CC(CC(C3)C1)C2. The van der Waals surface area contributed by atoms with Crippen LogP contribution in [0.2, 0.25) is 0 Å². The number of halogens is 1. The highest BCUT2D eigenvalue weighted by Crippen LogP contribution is 2.61. The fourth-order valence-electron chi connectivity index (χ4n) is 5.91. The lowest BCUT2D eigenvalue weighted by molar-refractivity contribution is -0.0672. The van der Waals surface area contributed by atoms with Crippen molar-refractivity contribution in [3.8, 4) is 0 Å². The molecule has 1 aromatic carbocycles. The van der Waals surface area contributed by atoms with Crippen molar-refractivity contribution in [2.45, 2.75) is 51.5 Å². The summed E-state index contributed by atoms with van der Waals surface area (Å²) < 4.78 is 0.782. The molecule has 1 aromatic rings. The van der Waals surface area contributed by atoms with Gasteiger partial charge >= 0.3 is 0 Å². The van der Waals surface area contributed by atoms with Crippen molar-refractivity contribution in [3.63, 3.8) is 0 Å². The lowest BCUT2D eigenvalue weighted by Crippen LogP contribution is -2.57. The normalized spacial score (nSPS) is 33.8. The first-order valence-electron chi connectivity index (χ1n) is 9.31. The number of amides is 1. The third kappa shape index (κ3) is 3.37. The molecule has 25 heavy (non-hydrogen) atoms. The molecule has 5 rings (SSSR count). The van der Waals surface area contributed by atoms with Crippen LogP contribution >= 0.6 is 28.1 Å². The molecule has 4 aliphatic carbocycles. The van der Waals surface area contributed by atoms with Crippen LogP contribution in [-0.4, -0.2) is 17.1 Å². The summed E-state index contributed by atoms with van der Waals surface area (Å²) >= 11 is 8.87. The lowest BCUT2D eigenvalue weighted by Gasteiger charge is -2.59. The number of rotatable bonds is 3. The smallest absolute Gasteiger partial charge is 0.258 e. The van der Waals surface area contributed by atoms with E-state index in [0.717, 1.165) is 22.2 Å². The van der Waals surface area contributed by atoms with Crippen LogP contribution in [-0.2, 0) is 0 Å². The zero-order chi connectivity index (χ0) is 17.6. The van der Waals surface area contributed by atoms with E-state index in [1.165, 1.54) is 38.5 Å². The van der Waals surface area contributed by atoms with Gasteiger partial charge in [0, 0.05) is 10.5 Å². The summed E-state index contributed by atoms with van der Waals surface area (Å²) in [5, 5.41) is 6.74. The molecule has 4 saturated carbocycles. The Kier molecular flexibility index (Phi) is 4.65. The maximum absolute atomic E-state index is 12.4. The Labute approximate surface area is 163 Å². The van der Waals surface area contributed by atoms with Gasteiger partial charge in [0.15, 0.2) is 5.11 Å². The molecular weight excluding hydrogens is 396 g/mol. The molecule has 0 saturated heterocycles. The molecule has 134 valence electrons. The molecule has 1 amide bonds. The number of hydrogen-bond donors (Lipinski definition) is 2. The Balaban J connectivity index is 1.39. The number of nitrogens with one attached hydrogen (secondary N) is 2. The van der Waals surface area contributed by atoms with Crippen molar-refractivity contribution >= 4 is 39.2 Å². The molecule has 4 aliphatic rings. The van der Waals surface area contributed by atoms with Crippen molar-refractivity contribution in [1.29, 1.82) is 0 Å². The van der Waals surface area contributed by atoms with Gasteiger partial charge in [-0.2, -0.15) is 0 Å². The van der Waals surface area contributed by atoms with Crippen LogP contribution in [0, 0.1) is 23.2 Å². The van der Waals surface area contributed by atoms with Crippen molar-refractivity contribution < 1.29 is 4.79 Å². The first kappa shape index (κ1) is 17.5. The number of carbonyl (C=O) groups is 1. The first-order chi connectivity index (χ1) is 11.9. The second kappa shape index (κ2) is 6.66. The molecule has 4 fully saturated rings. The van der Waals surface area contributed by atoms with Gasteiger partial charge in [0.25, 0.3) is 5.91 Å². The van der Waals surface area contributed by atoms with Gasteiger partial charge in [-0.1, -0.05) is 12.1 Å². The molecule has 1 atom stereocenters. The molecule has 2 N–H and O–H groups in total. The van der Waals surface area contributed by atoms with Gasteiger partial charge in [-0.3, -0.25) is 10.1 Å². The Morgan fingerprint density at radius 1 is 1.16 bits per heavy atom. The van der Waals surface area contributed by atoms with E-state index in [2.05, 4.69) is 33.5 Å². The van der Waals surface area contributed by atoms with Crippen LogP contribution in [0.1, 0.15) is 55.8 Å². The Bertz CT molecular complexity index is 669. The molecule has 1 unspecified atom stereocenters. The minimum Gasteiger partial charge on any atom is -0.359 e. The van der Waals surface area contributed by atoms with Crippen LogP contribution in [0.4, 0.5) is 0 Å². The average molecular weight is 421 g/mol. The molecule has 5 heteroatoms. The Morgan fingerprint density at radius 3 is 2.28 bits per heavy atom. The van der Waals surface area contributed by atoms with Crippen LogP contribution in [0.15, 0.2) is 28.7 Å². The van der Waals surface area contributed by atoms with Crippen LogP contribution in [0.25, 0.3) is 0 Å². The van der Waals surface area contributed by atoms with E-state index in [0.29, 0.717) is 22.1 Å². The van der Waals surface area contributed by atoms with E-state index in [9.17, 15) is 4.79 Å². The molecule has 0 aromatic heterocycles. The predicted molar refractivity (Wildman–Crippen MR) is 107 cm³/mol. The number of benzene rings is 1. The van der Waals surface area contributed by atoms with Crippen LogP contribution in [0.5, 0.6) is 0 Å². The second-order valence-corrected chi connectivity index (χ2v) is 9.67. The van der Waals surface area contributed by atoms with Crippen molar-refractivity contribution in [3.05, 3.63) is 34.3 Å². The third-order valence-electron chi connectivity index (χ3n) is 6.70. The van der Waals surface area contributed by atoms with E-state index in [-0.39, 0.29) is 5.91 Å². The summed E-state index contributed by atoms with van der Waals surface area (Å²) in [6.07, 6.45) is 8.30. The highest BCUT2D eigenvalue weighted by molar-refractivity contribution is 9.10. The highest BCUT2D eigenvalue weighted by Gasteiger charge is 2.53. The minimum atomic E-state index is -0.164. The predicted octanol–water partition coefficient (Wildman–Crippen LogP) is 4.66. The summed E-state index contributed by atoms with van der Waals surface area (Å²) in [7, 11) is 0. The van der Waals surface area contributed by atoms with Crippen LogP contribution < -0.4 is 10.6 Å². The summed E-state index contributed by atoms with van der Waals surface area (Å²) in [5.74, 6) is 2.58. The number of hydrogen-bond acceptors (Lipinski definition) is 2. The van der Waals surface area contributed by atoms with E-state index >= 15 is 0 Å². The van der Waals surface area contributed by atoms with E-state index in [4.69, 9.17) is 12.2 Å².